The summed E-state index contributed by atoms with van der Waals surface area (Å²) in [5.41, 5.74) is 0. The van der Waals surface area contributed by atoms with Crippen LogP contribution in [0.2, 0.25) is 0 Å². The Balaban J connectivity index is 2.32. The van der Waals surface area contributed by atoms with Gasteiger partial charge in [0, 0.05) is 20.9 Å². The molecule has 0 saturated heterocycles. The highest BCUT2D eigenvalue weighted by atomic mass is 32.2. The molecule has 1 N–H and O–H groups in total. The third-order valence-corrected chi connectivity index (χ3v) is 6.03. The number of nitrogens with one attached hydrogen (secondary N) is 1. The second-order valence-electron chi connectivity index (χ2n) is 6.55. The lowest BCUT2D eigenvalue weighted by molar-refractivity contribution is 0.457. The lowest BCUT2D eigenvalue weighted by atomic mass is 10.0. The van der Waals surface area contributed by atoms with Gasteiger partial charge < -0.3 is 4.55 Å². The minimum atomic E-state index is -1.13. The first-order valence-electron chi connectivity index (χ1n) is 7.05. The molecule has 0 bridgehead atoms. The van der Waals surface area contributed by atoms with Gasteiger partial charge in [-0.25, -0.2) is 4.39 Å². The largest absolute Gasteiger partial charge is 0.598 e. The minimum absolute atomic E-state index is 0.00511. The first kappa shape index (κ1) is 16.7. The molecule has 2 nitrogen and oxygen atoms in total. The van der Waals surface area contributed by atoms with Crippen molar-refractivity contribution in [3.05, 3.63) is 35.0 Å². The highest BCUT2D eigenvalue weighted by Crippen LogP contribution is 2.34. The summed E-state index contributed by atoms with van der Waals surface area (Å²) in [6.07, 6.45) is 0. The molecule has 5 heteroatoms. The number of fused-ring (bicyclic) bond motifs is 1. The number of hydrogen-bond donors (Lipinski definition) is 1. The fraction of sp³-hybridized carbons (Fsp3) is 0.500. The molecule has 116 valence electrons. The monoisotopic (exact) mass is 327 g/mol. The van der Waals surface area contributed by atoms with Crippen molar-refractivity contribution in [3.63, 3.8) is 0 Å². The van der Waals surface area contributed by atoms with E-state index in [-0.39, 0.29) is 16.6 Å². The molecule has 0 amide bonds. The van der Waals surface area contributed by atoms with Crippen LogP contribution in [0.25, 0.3) is 10.1 Å². The van der Waals surface area contributed by atoms with Crippen molar-refractivity contribution in [2.45, 2.75) is 45.4 Å². The first-order chi connectivity index (χ1) is 9.68. The second kappa shape index (κ2) is 6.24. The molecule has 0 fully saturated rings. The molecule has 0 radical (unpaired) electrons. The van der Waals surface area contributed by atoms with Crippen molar-refractivity contribution in [3.8, 4) is 0 Å². The van der Waals surface area contributed by atoms with Gasteiger partial charge in [-0.15, -0.1) is 16.1 Å². The third-order valence-electron chi connectivity index (χ3n) is 3.26. The van der Waals surface area contributed by atoms with Crippen molar-refractivity contribution < 1.29 is 8.94 Å². The van der Waals surface area contributed by atoms with E-state index >= 15 is 0 Å². The Morgan fingerprint density at radius 3 is 2.48 bits per heavy atom. The van der Waals surface area contributed by atoms with Crippen molar-refractivity contribution in [2.24, 2.45) is 5.92 Å². The van der Waals surface area contributed by atoms with E-state index in [0.717, 1.165) is 15.0 Å². The van der Waals surface area contributed by atoms with Crippen LogP contribution in [0.3, 0.4) is 0 Å². The van der Waals surface area contributed by atoms with E-state index in [4.69, 9.17) is 0 Å². The highest BCUT2D eigenvalue weighted by Gasteiger charge is 2.31. The highest BCUT2D eigenvalue weighted by molar-refractivity contribution is 7.90. The Labute approximate surface area is 133 Å². The van der Waals surface area contributed by atoms with Crippen LogP contribution >= 0.6 is 11.3 Å². The lowest BCUT2D eigenvalue weighted by Gasteiger charge is -2.29. The fourth-order valence-corrected chi connectivity index (χ4v) is 4.37. The third kappa shape index (κ3) is 3.97. The van der Waals surface area contributed by atoms with Gasteiger partial charge >= 0.3 is 0 Å². The number of thiophene rings is 1. The minimum Gasteiger partial charge on any atom is -0.598 e. The van der Waals surface area contributed by atoms with Crippen molar-refractivity contribution >= 4 is 32.8 Å². The van der Waals surface area contributed by atoms with Gasteiger partial charge in [-0.3, -0.25) is 0 Å². The van der Waals surface area contributed by atoms with Gasteiger partial charge in [0.25, 0.3) is 0 Å². The molecule has 1 unspecified atom stereocenters. The molecule has 1 aromatic heterocycles. The van der Waals surface area contributed by atoms with Crippen LogP contribution in [0.1, 0.15) is 45.5 Å². The number of benzene rings is 1. The van der Waals surface area contributed by atoms with E-state index in [1.54, 1.807) is 23.5 Å². The summed E-state index contributed by atoms with van der Waals surface area (Å²) in [7, 11) is 0. The molecule has 2 atom stereocenters. The van der Waals surface area contributed by atoms with E-state index in [1.807, 2.05) is 20.8 Å². The van der Waals surface area contributed by atoms with Gasteiger partial charge in [0.1, 0.15) is 10.6 Å². The summed E-state index contributed by atoms with van der Waals surface area (Å²) in [5, 5.41) is 1.03. The second-order valence-corrected chi connectivity index (χ2v) is 9.66. The summed E-state index contributed by atoms with van der Waals surface area (Å²) < 4.78 is 29.5. The van der Waals surface area contributed by atoms with E-state index in [2.05, 4.69) is 24.6 Å². The quantitative estimate of drug-likeness (QED) is 0.820. The zero-order valence-corrected chi connectivity index (χ0v) is 14.7. The maximum absolute atomic E-state index is 13.3. The van der Waals surface area contributed by atoms with Gasteiger partial charge in [-0.2, -0.15) is 0 Å². The molecular weight excluding hydrogens is 305 g/mol. The van der Waals surface area contributed by atoms with E-state index in [1.165, 1.54) is 6.07 Å². The molecule has 1 aromatic carbocycles. The Hall–Kier alpha value is -0.620. The Kier molecular flexibility index (Phi) is 4.98. The molecule has 0 aliphatic carbocycles. The van der Waals surface area contributed by atoms with Gasteiger partial charge in [-0.1, -0.05) is 19.9 Å². The molecular formula is C16H22FNOS2. The molecule has 2 aromatic rings. The topological polar surface area (TPSA) is 35.1 Å². The number of halogens is 1. The normalized spacial score (nSPS) is 15.6. The SMILES string of the molecule is CC(C)C(N[S@@+]([O-])C(C)(C)C)c1cc2ccc(F)cc2s1. The predicted molar refractivity (Wildman–Crippen MR) is 90.4 cm³/mol. The lowest BCUT2D eigenvalue weighted by Crippen LogP contribution is -2.42. The summed E-state index contributed by atoms with van der Waals surface area (Å²) in [4.78, 5) is 1.10. The van der Waals surface area contributed by atoms with Crippen LogP contribution in [0.15, 0.2) is 24.3 Å². The van der Waals surface area contributed by atoms with Crippen LogP contribution in [-0.4, -0.2) is 9.30 Å². The van der Waals surface area contributed by atoms with Crippen LogP contribution < -0.4 is 4.72 Å². The smallest absolute Gasteiger partial charge is 0.136 e. The average Bonchev–Trinajstić information content (AvgIpc) is 2.76. The van der Waals surface area contributed by atoms with Crippen LogP contribution in [0.5, 0.6) is 0 Å². The molecule has 1 heterocycles. The van der Waals surface area contributed by atoms with Crippen molar-refractivity contribution in [1.82, 2.24) is 4.72 Å². The molecule has 0 saturated carbocycles. The zero-order valence-electron chi connectivity index (χ0n) is 13.1. The summed E-state index contributed by atoms with van der Waals surface area (Å²) in [6, 6.07) is 6.90. The predicted octanol–water partition coefficient (Wildman–Crippen LogP) is 4.79. The summed E-state index contributed by atoms with van der Waals surface area (Å²) in [6.45, 7) is 10.1. The van der Waals surface area contributed by atoms with Crippen LogP contribution in [0, 0.1) is 11.7 Å². The van der Waals surface area contributed by atoms with Gasteiger partial charge in [-0.05, 0) is 50.3 Å². The maximum atomic E-state index is 13.3. The first-order valence-corrected chi connectivity index (χ1v) is 9.02. The van der Waals surface area contributed by atoms with Crippen LogP contribution in [0.4, 0.5) is 4.39 Å². The Morgan fingerprint density at radius 1 is 1.24 bits per heavy atom. The Morgan fingerprint density at radius 2 is 1.90 bits per heavy atom. The van der Waals surface area contributed by atoms with Gasteiger partial charge in [0.05, 0.1) is 6.04 Å². The molecule has 0 aliphatic rings. The van der Waals surface area contributed by atoms with Gasteiger partial charge in [0.15, 0.2) is 0 Å². The summed E-state index contributed by atoms with van der Waals surface area (Å²) in [5.74, 6) is 0.0810. The molecule has 21 heavy (non-hydrogen) atoms. The van der Waals surface area contributed by atoms with E-state index in [0.29, 0.717) is 5.92 Å². The van der Waals surface area contributed by atoms with E-state index in [9.17, 15) is 8.94 Å². The van der Waals surface area contributed by atoms with E-state index < -0.39 is 11.4 Å². The van der Waals surface area contributed by atoms with Crippen LogP contribution in [-0.2, 0) is 11.4 Å². The number of hydrogen-bond acceptors (Lipinski definition) is 3. The maximum Gasteiger partial charge on any atom is 0.136 e. The molecule has 0 aliphatic heterocycles. The Bertz CT molecular complexity index is 618. The molecule has 0 spiro atoms. The standard InChI is InChI=1S/C16H22FNOS2/c1-10(2)15(18-21(19)16(3,4)5)14-8-11-6-7-12(17)9-13(11)20-14/h6-10,15,18H,1-5H3/t15?,21-/m0/s1. The molecule has 2 rings (SSSR count). The van der Waals surface area contributed by atoms with Crippen molar-refractivity contribution in [2.75, 3.05) is 0 Å². The average molecular weight is 327 g/mol. The summed E-state index contributed by atoms with van der Waals surface area (Å²) >= 11 is 0.432. The fourth-order valence-electron chi connectivity index (χ4n) is 1.99. The zero-order chi connectivity index (χ0) is 15.8. The number of rotatable bonds is 4. The van der Waals surface area contributed by atoms with Gasteiger partial charge in [0.2, 0.25) is 0 Å². The van der Waals surface area contributed by atoms with Crippen molar-refractivity contribution in [1.29, 1.82) is 0 Å².